The first-order valence-corrected chi connectivity index (χ1v) is 8.15. The van der Waals surface area contributed by atoms with Gasteiger partial charge in [0.05, 0.1) is 0 Å². The van der Waals surface area contributed by atoms with Crippen molar-refractivity contribution in [3.63, 3.8) is 0 Å². The predicted molar refractivity (Wildman–Crippen MR) is 79.3 cm³/mol. The fourth-order valence-corrected chi connectivity index (χ4v) is 3.84. The molecular weight excluding hydrogens is 274 g/mol. The zero-order valence-electron chi connectivity index (χ0n) is 11.6. The number of thioether (sulfide) groups is 1. The van der Waals surface area contributed by atoms with Crippen LogP contribution in [-0.2, 0) is 4.79 Å². The third kappa shape index (κ3) is 2.59. The highest BCUT2D eigenvalue weighted by atomic mass is 32.2. The van der Waals surface area contributed by atoms with E-state index in [1.807, 2.05) is 41.8 Å². The van der Waals surface area contributed by atoms with Gasteiger partial charge in [0.2, 0.25) is 5.91 Å². The first-order valence-electron chi connectivity index (χ1n) is 7.10. The van der Waals surface area contributed by atoms with Crippen molar-refractivity contribution < 1.29 is 14.3 Å². The Labute approximate surface area is 123 Å². The van der Waals surface area contributed by atoms with Gasteiger partial charge in [-0.1, -0.05) is 13.0 Å². The molecule has 0 saturated carbocycles. The van der Waals surface area contributed by atoms with Crippen LogP contribution in [0.2, 0.25) is 0 Å². The average Bonchev–Trinajstić information content (AvgIpc) is 2.96. The fraction of sp³-hybridized carbons (Fsp3) is 0.533. The highest BCUT2D eigenvalue weighted by molar-refractivity contribution is 7.99. The van der Waals surface area contributed by atoms with Crippen molar-refractivity contribution in [3.05, 3.63) is 23.8 Å². The molecule has 1 unspecified atom stereocenters. The molecule has 1 amide bonds. The molecule has 0 spiro atoms. The molecule has 1 atom stereocenters. The summed E-state index contributed by atoms with van der Waals surface area (Å²) < 4.78 is 11.2. The van der Waals surface area contributed by atoms with Crippen LogP contribution in [0.5, 0.6) is 11.5 Å². The standard InChI is InChI=1S/C15H19NO3S/c1-2-3-14(17)16-6-9-20-15(16)11-4-5-12-13(10-11)19-8-7-18-12/h4-5,10,15H,2-3,6-9H2,1H3. The van der Waals surface area contributed by atoms with E-state index in [9.17, 15) is 4.79 Å². The predicted octanol–water partition coefficient (Wildman–Crippen LogP) is 2.83. The highest BCUT2D eigenvalue weighted by Gasteiger charge is 2.30. The Bertz CT molecular complexity index is 506. The molecule has 20 heavy (non-hydrogen) atoms. The number of carbonyl (C=O) groups is 1. The first-order chi connectivity index (χ1) is 9.79. The van der Waals surface area contributed by atoms with E-state index < -0.39 is 0 Å². The number of ether oxygens (including phenoxy) is 2. The number of benzene rings is 1. The number of hydrogen-bond acceptors (Lipinski definition) is 4. The van der Waals surface area contributed by atoms with Crippen LogP contribution >= 0.6 is 11.8 Å². The molecular formula is C15H19NO3S. The number of hydrogen-bond donors (Lipinski definition) is 0. The Morgan fingerprint density at radius 1 is 1.35 bits per heavy atom. The quantitative estimate of drug-likeness (QED) is 0.859. The van der Waals surface area contributed by atoms with Gasteiger partial charge in [0.1, 0.15) is 18.6 Å². The second-order valence-corrected chi connectivity index (χ2v) is 6.15. The number of amides is 1. The highest BCUT2D eigenvalue weighted by Crippen LogP contribution is 2.41. The second-order valence-electron chi connectivity index (χ2n) is 4.96. The molecule has 108 valence electrons. The zero-order valence-corrected chi connectivity index (χ0v) is 12.4. The summed E-state index contributed by atoms with van der Waals surface area (Å²) in [6.07, 6.45) is 1.52. The fourth-order valence-electron chi connectivity index (χ4n) is 2.57. The van der Waals surface area contributed by atoms with Crippen LogP contribution in [0.4, 0.5) is 0 Å². The van der Waals surface area contributed by atoms with Gasteiger partial charge in [-0.05, 0) is 24.1 Å². The summed E-state index contributed by atoms with van der Waals surface area (Å²) in [7, 11) is 0. The monoisotopic (exact) mass is 293 g/mol. The molecule has 0 radical (unpaired) electrons. The van der Waals surface area contributed by atoms with E-state index in [1.54, 1.807) is 0 Å². The van der Waals surface area contributed by atoms with Gasteiger partial charge in [-0.25, -0.2) is 0 Å². The summed E-state index contributed by atoms with van der Waals surface area (Å²) in [6, 6.07) is 6.01. The van der Waals surface area contributed by atoms with Crippen LogP contribution in [-0.4, -0.2) is 36.3 Å². The summed E-state index contributed by atoms with van der Waals surface area (Å²) in [5.41, 5.74) is 1.13. The molecule has 0 aliphatic carbocycles. The molecule has 3 rings (SSSR count). The van der Waals surface area contributed by atoms with Gasteiger partial charge >= 0.3 is 0 Å². The van der Waals surface area contributed by atoms with Crippen molar-refractivity contribution in [2.24, 2.45) is 0 Å². The van der Waals surface area contributed by atoms with Crippen LogP contribution in [0.25, 0.3) is 0 Å². The summed E-state index contributed by atoms with van der Waals surface area (Å²) in [6.45, 7) is 4.07. The summed E-state index contributed by atoms with van der Waals surface area (Å²) in [5, 5.41) is 0.116. The van der Waals surface area contributed by atoms with E-state index in [2.05, 4.69) is 0 Å². The summed E-state index contributed by atoms with van der Waals surface area (Å²) in [4.78, 5) is 14.2. The summed E-state index contributed by atoms with van der Waals surface area (Å²) >= 11 is 1.82. The van der Waals surface area contributed by atoms with Gasteiger partial charge in [0.15, 0.2) is 11.5 Å². The Kier molecular flexibility index (Phi) is 4.05. The van der Waals surface area contributed by atoms with Crippen molar-refractivity contribution in [2.75, 3.05) is 25.5 Å². The van der Waals surface area contributed by atoms with Crippen molar-refractivity contribution in [3.8, 4) is 11.5 Å². The number of carbonyl (C=O) groups excluding carboxylic acids is 1. The van der Waals surface area contributed by atoms with Crippen LogP contribution in [0.1, 0.15) is 30.7 Å². The van der Waals surface area contributed by atoms with E-state index in [0.29, 0.717) is 19.6 Å². The molecule has 2 aliphatic rings. The molecule has 0 bridgehead atoms. The lowest BCUT2D eigenvalue weighted by atomic mass is 10.1. The Morgan fingerprint density at radius 3 is 2.95 bits per heavy atom. The van der Waals surface area contributed by atoms with E-state index in [4.69, 9.17) is 9.47 Å². The first kappa shape index (κ1) is 13.6. The average molecular weight is 293 g/mol. The minimum absolute atomic E-state index is 0.116. The number of fused-ring (bicyclic) bond motifs is 1. The van der Waals surface area contributed by atoms with Crippen molar-refractivity contribution in [2.45, 2.75) is 25.1 Å². The van der Waals surface area contributed by atoms with Gasteiger partial charge < -0.3 is 14.4 Å². The van der Waals surface area contributed by atoms with Gasteiger partial charge in [-0.15, -0.1) is 11.8 Å². The molecule has 1 saturated heterocycles. The molecule has 0 N–H and O–H groups in total. The number of rotatable bonds is 3. The van der Waals surface area contributed by atoms with Crippen LogP contribution in [0.3, 0.4) is 0 Å². The lowest BCUT2D eigenvalue weighted by molar-refractivity contribution is -0.131. The lowest BCUT2D eigenvalue weighted by Gasteiger charge is -2.26. The van der Waals surface area contributed by atoms with Gasteiger partial charge in [0, 0.05) is 18.7 Å². The van der Waals surface area contributed by atoms with Crippen LogP contribution < -0.4 is 9.47 Å². The van der Waals surface area contributed by atoms with Crippen molar-refractivity contribution in [1.82, 2.24) is 4.90 Å². The Hall–Kier alpha value is -1.36. The van der Waals surface area contributed by atoms with E-state index in [1.165, 1.54) is 0 Å². The van der Waals surface area contributed by atoms with Gasteiger partial charge in [-0.3, -0.25) is 4.79 Å². The largest absolute Gasteiger partial charge is 0.486 e. The Morgan fingerprint density at radius 2 is 2.15 bits per heavy atom. The molecule has 1 aromatic rings. The SMILES string of the molecule is CCCC(=O)N1CCSC1c1ccc2c(c1)OCCO2. The van der Waals surface area contributed by atoms with Gasteiger partial charge in [0.25, 0.3) is 0 Å². The third-order valence-corrected chi connectivity index (χ3v) is 4.79. The minimum atomic E-state index is 0.116. The normalized spacial score (nSPS) is 21.1. The molecule has 0 aromatic heterocycles. The van der Waals surface area contributed by atoms with E-state index in [-0.39, 0.29) is 11.3 Å². The molecule has 1 fully saturated rings. The molecule has 5 heteroatoms. The summed E-state index contributed by atoms with van der Waals surface area (Å²) in [5.74, 6) is 2.84. The lowest BCUT2D eigenvalue weighted by Crippen LogP contribution is -2.30. The molecule has 2 aliphatic heterocycles. The molecule has 4 nitrogen and oxygen atoms in total. The maximum Gasteiger partial charge on any atom is 0.223 e. The molecule has 1 aromatic carbocycles. The second kappa shape index (κ2) is 5.95. The van der Waals surface area contributed by atoms with E-state index >= 15 is 0 Å². The topological polar surface area (TPSA) is 38.8 Å². The maximum atomic E-state index is 12.2. The zero-order chi connectivity index (χ0) is 13.9. The van der Waals surface area contributed by atoms with Crippen molar-refractivity contribution >= 4 is 17.7 Å². The maximum absolute atomic E-state index is 12.2. The van der Waals surface area contributed by atoms with Crippen molar-refractivity contribution in [1.29, 1.82) is 0 Å². The van der Waals surface area contributed by atoms with Crippen LogP contribution in [0.15, 0.2) is 18.2 Å². The molecule has 2 heterocycles. The third-order valence-electron chi connectivity index (χ3n) is 3.53. The minimum Gasteiger partial charge on any atom is -0.486 e. The number of nitrogens with zero attached hydrogens (tertiary/aromatic N) is 1. The van der Waals surface area contributed by atoms with Crippen LogP contribution in [0, 0.1) is 0 Å². The Balaban J connectivity index is 1.82. The smallest absolute Gasteiger partial charge is 0.223 e. The van der Waals surface area contributed by atoms with E-state index in [0.717, 1.165) is 35.8 Å². The van der Waals surface area contributed by atoms with Gasteiger partial charge in [-0.2, -0.15) is 0 Å².